The molecule has 0 heterocycles. The second-order valence-corrected chi connectivity index (χ2v) is 4.72. The number of aliphatic hydroxyl groups excluding tert-OH is 1. The molecule has 1 N–H and O–H groups in total. The van der Waals surface area contributed by atoms with Gasteiger partial charge >= 0.3 is 0 Å². The molecule has 11 heavy (non-hydrogen) atoms. The van der Waals surface area contributed by atoms with Crippen molar-refractivity contribution < 1.29 is 5.11 Å². The van der Waals surface area contributed by atoms with Gasteiger partial charge in [-0.15, -0.1) is 0 Å². The summed E-state index contributed by atoms with van der Waals surface area (Å²) < 4.78 is 0. The molecule has 2 bridgehead atoms. The topological polar surface area (TPSA) is 20.2 Å². The fourth-order valence-corrected chi connectivity index (χ4v) is 2.57. The summed E-state index contributed by atoms with van der Waals surface area (Å²) in [6, 6.07) is 0. The van der Waals surface area contributed by atoms with Crippen molar-refractivity contribution in [3.05, 3.63) is 12.2 Å². The Hall–Kier alpha value is -0.300. The molecule has 1 saturated carbocycles. The molecule has 0 aromatic heterocycles. The van der Waals surface area contributed by atoms with Crippen LogP contribution in [0.2, 0.25) is 0 Å². The fourth-order valence-electron chi connectivity index (χ4n) is 2.57. The number of aliphatic hydroxyl groups is 1. The van der Waals surface area contributed by atoms with Gasteiger partial charge in [-0.25, -0.2) is 0 Å². The molecule has 2 aliphatic rings. The number of rotatable bonds is 0. The molecule has 0 unspecified atom stereocenters. The first-order valence-corrected chi connectivity index (χ1v) is 4.36. The summed E-state index contributed by atoms with van der Waals surface area (Å²) in [7, 11) is 0. The summed E-state index contributed by atoms with van der Waals surface area (Å²) >= 11 is 0. The molecule has 0 aromatic carbocycles. The average molecular weight is 152 g/mol. The smallest absolute Gasteiger partial charge is 0.0639 e. The zero-order valence-corrected chi connectivity index (χ0v) is 7.46. The Morgan fingerprint density at radius 2 is 2.00 bits per heavy atom. The van der Waals surface area contributed by atoms with Gasteiger partial charge in [0.1, 0.15) is 0 Å². The van der Waals surface area contributed by atoms with E-state index in [9.17, 15) is 5.11 Å². The predicted octanol–water partition coefficient (Wildman–Crippen LogP) is 1.97. The van der Waals surface area contributed by atoms with Crippen LogP contribution in [0.25, 0.3) is 0 Å². The summed E-state index contributed by atoms with van der Waals surface area (Å²) in [4.78, 5) is 0. The molecule has 0 aromatic rings. The largest absolute Gasteiger partial charge is 0.392 e. The summed E-state index contributed by atoms with van der Waals surface area (Å²) in [5.74, 6) is 0.600. The third kappa shape index (κ3) is 0.610. The van der Waals surface area contributed by atoms with E-state index in [1.807, 2.05) is 0 Å². The summed E-state index contributed by atoms with van der Waals surface area (Å²) in [6.07, 6.45) is 5.31. The van der Waals surface area contributed by atoms with Crippen LogP contribution in [-0.2, 0) is 0 Å². The molecule has 0 spiro atoms. The Kier molecular flexibility index (Phi) is 1.15. The highest BCUT2D eigenvalue weighted by atomic mass is 16.3. The second-order valence-electron chi connectivity index (χ2n) is 4.72. The van der Waals surface area contributed by atoms with Crippen molar-refractivity contribution in [2.75, 3.05) is 0 Å². The van der Waals surface area contributed by atoms with Gasteiger partial charge < -0.3 is 5.11 Å². The van der Waals surface area contributed by atoms with Crippen molar-refractivity contribution in [3.63, 3.8) is 0 Å². The lowest BCUT2D eigenvalue weighted by Gasteiger charge is -2.35. The van der Waals surface area contributed by atoms with Crippen LogP contribution in [0.5, 0.6) is 0 Å². The molecule has 0 saturated heterocycles. The van der Waals surface area contributed by atoms with E-state index in [1.165, 1.54) is 0 Å². The van der Waals surface area contributed by atoms with Crippen molar-refractivity contribution in [2.45, 2.75) is 33.3 Å². The molecular formula is C10H16O. The first-order valence-electron chi connectivity index (χ1n) is 4.36. The second kappa shape index (κ2) is 1.71. The van der Waals surface area contributed by atoms with Gasteiger partial charge in [0.15, 0.2) is 0 Å². The Balaban J connectivity index is 2.47. The summed E-state index contributed by atoms with van der Waals surface area (Å²) in [5, 5.41) is 9.76. The van der Waals surface area contributed by atoms with E-state index in [0.29, 0.717) is 5.92 Å². The lowest BCUT2D eigenvalue weighted by molar-refractivity contribution is 0.0482. The van der Waals surface area contributed by atoms with E-state index < -0.39 is 0 Å². The Morgan fingerprint density at radius 3 is 2.18 bits per heavy atom. The third-order valence-electron chi connectivity index (χ3n) is 4.16. The van der Waals surface area contributed by atoms with Gasteiger partial charge in [0, 0.05) is 5.41 Å². The standard InChI is InChI=1S/C10H16O/c1-9(2)7-4-5-10(9,3)8(11)6-7/h4-5,7-8,11H,6H2,1-3H3/t7-,8-,10-/m0/s1. The minimum absolute atomic E-state index is 0.0394. The third-order valence-corrected chi connectivity index (χ3v) is 4.16. The molecule has 1 fully saturated rings. The van der Waals surface area contributed by atoms with Gasteiger partial charge in [-0.1, -0.05) is 32.9 Å². The van der Waals surface area contributed by atoms with Gasteiger partial charge in [0.05, 0.1) is 6.10 Å². The molecule has 1 nitrogen and oxygen atoms in total. The van der Waals surface area contributed by atoms with Crippen LogP contribution in [0.4, 0.5) is 0 Å². The van der Waals surface area contributed by atoms with Crippen LogP contribution in [0.1, 0.15) is 27.2 Å². The first-order chi connectivity index (χ1) is 4.98. The van der Waals surface area contributed by atoms with Crippen LogP contribution in [-0.4, -0.2) is 11.2 Å². The Morgan fingerprint density at radius 1 is 1.36 bits per heavy atom. The van der Waals surface area contributed by atoms with Crippen molar-refractivity contribution in [1.82, 2.24) is 0 Å². The van der Waals surface area contributed by atoms with Crippen molar-refractivity contribution in [3.8, 4) is 0 Å². The zero-order valence-electron chi connectivity index (χ0n) is 7.46. The summed E-state index contributed by atoms with van der Waals surface area (Å²) in [6.45, 7) is 6.68. The Bertz CT molecular complexity index is 217. The van der Waals surface area contributed by atoms with E-state index in [0.717, 1.165) is 6.42 Å². The minimum Gasteiger partial charge on any atom is -0.392 e. The maximum atomic E-state index is 9.76. The minimum atomic E-state index is -0.118. The molecule has 2 rings (SSSR count). The van der Waals surface area contributed by atoms with E-state index in [4.69, 9.17) is 0 Å². The van der Waals surface area contributed by atoms with Crippen LogP contribution in [0.15, 0.2) is 12.2 Å². The molecule has 0 amide bonds. The molecule has 1 heteroatoms. The highest BCUT2D eigenvalue weighted by molar-refractivity contribution is 5.25. The molecule has 62 valence electrons. The van der Waals surface area contributed by atoms with Crippen molar-refractivity contribution in [2.24, 2.45) is 16.7 Å². The molecule has 0 radical (unpaired) electrons. The monoisotopic (exact) mass is 152 g/mol. The molecular weight excluding hydrogens is 136 g/mol. The van der Waals surface area contributed by atoms with Crippen LogP contribution >= 0.6 is 0 Å². The number of hydrogen-bond acceptors (Lipinski definition) is 1. The highest BCUT2D eigenvalue weighted by Crippen LogP contribution is 2.61. The van der Waals surface area contributed by atoms with Gasteiger partial charge in [-0.05, 0) is 17.8 Å². The summed E-state index contributed by atoms with van der Waals surface area (Å²) in [5.41, 5.74) is 0.310. The SMILES string of the molecule is CC1(C)[C@H]2C=C[C@@]1(C)[C@@H](O)C2. The number of allylic oxidation sites excluding steroid dienone is 1. The maximum absolute atomic E-state index is 9.76. The van der Waals surface area contributed by atoms with Crippen LogP contribution in [0.3, 0.4) is 0 Å². The normalized spacial score (nSPS) is 52.0. The van der Waals surface area contributed by atoms with E-state index in [2.05, 4.69) is 32.9 Å². The predicted molar refractivity (Wildman–Crippen MR) is 45.1 cm³/mol. The zero-order chi connectivity index (χ0) is 8.28. The average Bonchev–Trinajstić information content (AvgIpc) is 2.20. The van der Waals surface area contributed by atoms with Crippen LogP contribution < -0.4 is 0 Å². The van der Waals surface area contributed by atoms with Gasteiger partial charge in [-0.3, -0.25) is 0 Å². The quantitative estimate of drug-likeness (QED) is 0.526. The molecule has 3 atom stereocenters. The highest BCUT2D eigenvalue weighted by Gasteiger charge is 2.58. The van der Waals surface area contributed by atoms with Gasteiger partial charge in [-0.2, -0.15) is 0 Å². The van der Waals surface area contributed by atoms with E-state index in [1.54, 1.807) is 0 Å². The van der Waals surface area contributed by atoms with E-state index >= 15 is 0 Å². The molecule has 0 aliphatic heterocycles. The van der Waals surface area contributed by atoms with Crippen molar-refractivity contribution in [1.29, 1.82) is 0 Å². The molecule has 2 aliphatic carbocycles. The first kappa shape index (κ1) is 7.35. The van der Waals surface area contributed by atoms with Gasteiger partial charge in [0.25, 0.3) is 0 Å². The van der Waals surface area contributed by atoms with E-state index in [-0.39, 0.29) is 16.9 Å². The Labute approximate surface area is 68.1 Å². The number of fused-ring (bicyclic) bond motifs is 2. The lowest BCUT2D eigenvalue weighted by Crippen LogP contribution is -2.34. The lowest BCUT2D eigenvalue weighted by atomic mass is 9.70. The van der Waals surface area contributed by atoms with Crippen molar-refractivity contribution >= 4 is 0 Å². The van der Waals surface area contributed by atoms with Crippen LogP contribution in [0, 0.1) is 16.7 Å². The van der Waals surface area contributed by atoms with Gasteiger partial charge in [0.2, 0.25) is 0 Å². The fraction of sp³-hybridized carbons (Fsp3) is 0.800. The maximum Gasteiger partial charge on any atom is 0.0639 e. The number of hydrogen-bond donors (Lipinski definition) is 1.